The van der Waals surface area contributed by atoms with Crippen LogP contribution in [0.4, 0.5) is 5.69 Å². The molecule has 1 aromatic rings. The van der Waals surface area contributed by atoms with Crippen LogP contribution in [0.25, 0.3) is 0 Å². The quantitative estimate of drug-likeness (QED) is 0.726. The Kier molecular flexibility index (Phi) is 3.27. The Hall–Kier alpha value is -1.02. The summed E-state index contributed by atoms with van der Waals surface area (Å²) < 4.78 is 0. The summed E-state index contributed by atoms with van der Waals surface area (Å²) in [7, 11) is 0. The van der Waals surface area contributed by atoms with E-state index >= 15 is 0 Å². The minimum Gasteiger partial charge on any atom is -0.399 e. The van der Waals surface area contributed by atoms with Crippen molar-refractivity contribution in [1.29, 1.82) is 0 Å². The zero-order valence-electron chi connectivity index (χ0n) is 9.15. The second kappa shape index (κ2) is 4.67. The van der Waals surface area contributed by atoms with E-state index in [4.69, 9.17) is 11.5 Å². The van der Waals surface area contributed by atoms with Crippen molar-refractivity contribution in [2.45, 2.75) is 38.1 Å². The first-order chi connectivity index (χ1) is 7.25. The van der Waals surface area contributed by atoms with E-state index in [1.54, 1.807) is 0 Å². The zero-order valence-corrected chi connectivity index (χ0v) is 9.15. The lowest BCUT2D eigenvalue weighted by atomic mass is 9.81. The molecule has 0 saturated heterocycles. The maximum absolute atomic E-state index is 6.13. The SMILES string of the molecule is Nc1ccc(CC2CCCCC2N)cc1. The molecule has 0 aliphatic heterocycles. The smallest absolute Gasteiger partial charge is 0.0314 e. The Balaban J connectivity index is 1.98. The molecule has 1 aliphatic rings. The van der Waals surface area contributed by atoms with Crippen molar-refractivity contribution in [3.05, 3.63) is 29.8 Å². The van der Waals surface area contributed by atoms with E-state index < -0.39 is 0 Å². The van der Waals surface area contributed by atoms with Gasteiger partial charge in [-0.2, -0.15) is 0 Å². The molecule has 2 atom stereocenters. The number of rotatable bonds is 2. The Bertz CT molecular complexity index is 305. The van der Waals surface area contributed by atoms with Gasteiger partial charge in [0.2, 0.25) is 0 Å². The van der Waals surface area contributed by atoms with E-state index in [0.29, 0.717) is 12.0 Å². The van der Waals surface area contributed by atoms with E-state index in [-0.39, 0.29) is 0 Å². The molecule has 0 spiro atoms. The molecule has 1 aliphatic carbocycles. The number of anilines is 1. The zero-order chi connectivity index (χ0) is 10.7. The molecule has 0 heterocycles. The van der Waals surface area contributed by atoms with Gasteiger partial charge in [0.15, 0.2) is 0 Å². The van der Waals surface area contributed by atoms with Gasteiger partial charge in [-0.3, -0.25) is 0 Å². The van der Waals surface area contributed by atoms with Gasteiger partial charge in [-0.25, -0.2) is 0 Å². The molecule has 2 heteroatoms. The molecule has 4 N–H and O–H groups in total. The standard InChI is InChI=1S/C13H20N2/c14-12-7-5-10(6-8-12)9-11-3-1-2-4-13(11)15/h5-8,11,13H,1-4,9,14-15H2. The summed E-state index contributed by atoms with van der Waals surface area (Å²) in [6.07, 6.45) is 6.24. The van der Waals surface area contributed by atoms with Crippen LogP contribution in [0, 0.1) is 5.92 Å². The van der Waals surface area contributed by atoms with E-state index in [1.165, 1.54) is 31.2 Å². The van der Waals surface area contributed by atoms with Crippen molar-refractivity contribution >= 4 is 5.69 Å². The second-order valence-electron chi connectivity index (χ2n) is 4.65. The molecule has 15 heavy (non-hydrogen) atoms. The summed E-state index contributed by atoms with van der Waals surface area (Å²) in [5.41, 5.74) is 14.0. The lowest BCUT2D eigenvalue weighted by Crippen LogP contribution is -2.34. The topological polar surface area (TPSA) is 52.0 Å². The van der Waals surface area contributed by atoms with Crippen LogP contribution in [0.15, 0.2) is 24.3 Å². The average molecular weight is 204 g/mol. The van der Waals surface area contributed by atoms with Crippen LogP contribution in [-0.2, 0) is 6.42 Å². The van der Waals surface area contributed by atoms with Gasteiger partial charge < -0.3 is 11.5 Å². The summed E-state index contributed by atoms with van der Waals surface area (Å²) in [6.45, 7) is 0. The summed E-state index contributed by atoms with van der Waals surface area (Å²) >= 11 is 0. The van der Waals surface area contributed by atoms with Crippen molar-refractivity contribution < 1.29 is 0 Å². The third-order valence-electron chi connectivity index (χ3n) is 3.45. The Morgan fingerprint density at radius 3 is 2.40 bits per heavy atom. The third-order valence-corrected chi connectivity index (χ3v) is 3.45. The summed E-state index contributed by atoms with van der Waals surface area (Å²) in [5, 5.41) is 0. The summed E-state index contributed by atoms with van der Waals surface area (Å²) in [6, 6.07) is 8.59. The van der Waals surface area contributed by atoms with Crippen molar-refractivity contribution in [1.82, 2.24) is 0 Å². The molecule has 2 rings (SSSR count). The molecule has 2 unspecified atom stereocenters. The Morgan fingerprint density at radius 2 is 1.73 bits per heavy atom. The van der Waals surface area contributed by atoms with Crippen LogP contribution in [-0.4, -0.2) is 6.04 Å². The van der Waals surface area contributed by atoms with Crippen molar-refractivity contribution in [3.63, 3.8) is 0 Å². The van der Waals surface area contributed by atoms with E-state index in [0.717, 1.165) is 12.1 Å². The van der Waals surface area contributed by atoms with Gasteiger partial charge in [0, 0.05) is 11.7 Å². The molecule has 1 fully saturated rings. The maximum Gasteiger partial charge on any atom is 0.0314 e. The molecule has 1 saturated carbocycles. The lowest BCUT2D eigenvalue weighted by molar-refractivity contribution is 0.306. The highest BCUT2D eigenvalue weighted by molar-refractivity contribution is 5.39. The first-order valence-corrected chi connectivity index (χ1v) is 5.86. The van der Waals surface area contributed by atoms with Crippen molar-refractivity contribution in [2.24, 2.45) is 11.7 Å². The first-order valence-electron chi connectivity index (χ1n) is 5.86. The molecular formula is C13H20N2. The molecular weight excluding hydrogens is 184 g/mol. The van der Waals surface area contributed by atoms with Crippen LogP contribution in [0.1, 0.15) is 31.2 Å². The number of hydrogen-bond donors (Lipinski definition) is 2. The van der Waals surface area contributed by atoms with Crippen LogP contribution < -0.4 is 11.5 Å². The average Bonchev–Trinajstić information content (AvgIpc) is 2.25. The highest BCUT2D eigenvalue weighted by Gasteiger charge is 2.21. The van der Waals surface area contributed by atoms with Gasteiger partial charge >= 0.3 is 0 Å². The van der Waals surface area contributed by atoms with Crippen LogP contribution in [0.5, 0.6) is 0 Å². The highest BCUT2D eigenvalue weighted by atomic mass is 14.7. The maximum atomic E-state index is 6.13. The van der Waals surface area contributed by atoms with Gasteiger partial charge in [-0.1, -0.05) is 25.0 Å². The largest absolute Gasteiger partial charge is 0.399 e. The summed E-state index contributed by atoms with van der Waals surface area (Å²) in [5.74, 6) is 0.669. The van der Waals surface area contributed by atoms with Gasteiger partial charge in [0.05, 0.1) is 0 Å². The molecule has 0 aromatic heterocycles. The highest BCUT2D eigenvalue weighted by Crippen LogP contribution is 2.26. The minimum atomic E-state index is 0.399. The number of nitrogens with two attached hydrogens (primary N) is 2. The predicted molar refractivity (Wildman–Crippen MR) is 64.5 cm³/mol. The molecule has 0 bridgehead atoms. The lowest BCUT2D eigenvalue weighted by Gasteiger charge is -2.28. The van der Waals surface area contributed by atoms with E-state index in [2.05, 4.69) is 12.1 Å². The number of nitrogen functional groups attached to an aromatic ring is 1. The fraction of sp³-hybridized carbons (Fsp3) is 0.538. The van der Waals surface area contributed by atoms with Gasteiger partial charge in [0.25, 0.3) is 0 Å². The molecule has 1 aromatic carbocycles. The monoisotopic (exact) mass is 204 g/mol. The van der Waals surface area contributed by atoms with Crippen LogP contribution in [0.3, 0.4) is 0 Å². The van der Waals surface area contributed by atoms with Crippen molar-refractivity contribution in [2.75, 3.05) is 5.73 Å². The normalized spacial score (nSPS) is 26.5. The predicted octanol–water partition coefficient (Wildman–Crippen LogP) is 2.33. The van der Waals surface area contributed by atoms with Crippen LogP contribution >= 0.6 is 0 Å². The second-order valence-corrected chi connectivity index (χ2v) is 4.65. The molecule has 82 valence electrons. The van der Waals surface area contributed by atoms with Gasteiger partial charge in [-0.05, 0) is 42.9 Å². The summed E-state index contributed by atoms with van der Waals surface area (Å²) in [4.78, 5) is 0. The van der Waals surface area contributed by atoms with Gasteiger partial charge in [0.1, 0.15) is 0 Å². The fourth-order valence-electron chi connectivity index (χ4n) is 2.45. The first kappa shape index (κ1) is 10.5. The third kappa shape index (κ3) is 2.72. The minimum absolute atomic E-state index is 0.399. The Morgan fingerprint density at radius 1 is 1.07 bits per heavy atom. The van der Waals surface area contributed by atoms with Crippen LogP contribution in [0.2, 0.25) is 0 Å². The van der Waals surface area contributed by atoms with Gasteiger partial charge in [-0.15, -0.1) is 0 Å². The molecule has 0 radical (unpaired) electrons. The van der Waals surface area contributed by atoms with E-state index in [9.17, 15) is 0 Å². The molecule has 0 amide bonds. The molecule has 2 nitrogen and oxygen atoms in total. The van der Waals surface area contributed by atoms with Crippen molar-refractivity contribution in [3.8, 4) is 0 Å². The Labute approximate surface area is 91.7 Å². The number of hydrogen-bond acceptors (Lipinski definition) is 2. The fourth-order valence-corrected chi connectivity index (χ4v) is 2.45. The van der Waals surface area contributed by atoms with E-state index in [1.807, 2.05) is 12.1 Å². The number of benzene rings is 1.